The van der Waals surface area contributed by atoms with Gasteiger partial charge >= 0.3 is 6.03 Å². The highest BCUT2D eigenvalue weighted by molar-refractivity contribution is 8.00. The molecule has 0 fully saturated rings. The van der Waals surface area contributed by atoms with E-state index < -0.39 is 17.2 Å². The maximum Gasteiger partial charge on any atom is 0.318 e. The molecule has 0 aliphatic rings. The third-order valence-corrected chi connectivity index (χ3v) is 5.19. The first kappa shape index (κ1) is 20.1. The van der Waals surface area contributed by atoms with E-state index in [1.165, 1.54) is 0 Å². The van der Waals surface area contributed by atoms with Crippen LogP contribution in [0.4, 0.5) is 4.79 Å². The van der Waals surface area contributed by atoms with Crippen molar-refractivity contribution in [2.24, 2.45) is 11.7 Å². The lowest BCUT2D eigenvalue weighted by molar-refractivity contribution is -0.120. The van der Waals surface area contributed by atoms with Crippen LogP contribution in [0.1, 0.15) is 25.2 Å². The molecule has 10 heteroatoms. The van der Waals surface area contributed by atoms with E-state index in [1.807, 2.05) is 26.8 Å². The standard InChI is InChI=1S/C16H20ClN5O3S/c1-8(2)13(14(23)20-15(18)24)26-16-19-12(21-22-16)7-25-10-4-5-11(17)9(3)6-10/h4-6,8,13H,7H2,1-3H3,(H,19,21,22)(H3,18,20,23,24)/t13-/m0/s1. The Labute approximate surface area is 160 Å². The van der Waals surface area contributed by atoms with Gasteiger partial charge in [-0.15, -0.1) is 5.10 Å². The zero-order valence-electron chi connectivity index (χ0n) is 14.6. The zero-order chi connectivity index (χ0) is 19.3. The Kier molecular flexibility index (Phi) is 6.87. The van der Waals surface area contributed by atoms with Gasteiger partial charge in [0.15, 0.2) is 5.82 Å². The number of nitrogens with two attached hydrogens (primary N) is 1. The number of primary amides is 1. The third-order valence-electron chi connectivity index (χ3n) is 3.36. The fourth-order valence-corrected chi connectivity index (χ4v) is 3.10. The van der Waals surface area contributed by atoms with Crippen molar-refractivity contribution in [1.82, 2.24) is 20.5 Å². The largest absolute Gasteiger partial charge is 0.486 e. The number of aryl methyl sites for hydroxylation is 1. The predicted octanol–water partition coefficient (Wildman–Crippen LogP) is 2.66. The second-order valence-electron chi connectivity index (χ2n) is 5.90. The van der Waals surface area contributed by atoms with Crippen molar-refractivity contribution in [2.45, 2.75) is 37.8 Å². The molecular formula is C16H20ClN5O3S. The molecule has 8 nitrogen and oxygen atoms in total. The second kappa shape index (κ2) is 8.91. The monoisotopic (exact) mass is 397 g/mol. The van der Waals surface area contributed by atoms with E-state index in [0.717, 1.165) is 17.3 Å². The van der Waals surface area contributed by atoms with Crippen LogP contribution in [0.3, 0.4) is 0 Å². The predicted molar refractivity (Wildman–Crippen MR) is 99.1 cm³/mol. The number of hydrogen-bond donors (Lipinski definition) is 3. The van der Waals surface area contributed by atoms with Crippen molar-refractivity contribution in [2.75, 3.05) is 0 Å². The summed E-state index contributed by atoms with van der Waals surface area (Å²) < 4.78 is 5.65. The number of imide groups is 1. The van der Waals surface area contributed by atoms with Crippen LogP contribution >= 0.6 is 23.4 Å². The number of aromatic amines is 1. The average molecular weight is 398 g/mol. The van der Waals surface area contributed by atoms with Gasteiger partial charge in [-0.25, -0.2) is 9.78 Å². The number of rotatable bonds is 7. The van der Waals surface area contributed by atoms with Gasteiger partial charge in [0.2, 0.25) is 11.1 Å². The number of ether oxygens (including phenoxy) is 1. The minimum Gasteiger partial charge on any atom is -0.486 e. The summed E-state index contributed by atoms with van der Waals surface area (Å²) in [6.45, 7) is 5.80. The zero-order valence-corrected chi connectivity index (χ0v) is 16.1. The number of nitrogens with one attached hydrogen (secondary N) is 2. The molecule has 140 valence electrons. The summed E-state index contributed by atoms with van der Waals surface area (Å²) in [7, 11) is 0. The normalized spacial score (nSPS) is 12.0. The summed E-state index contributed by atoms with van der Waals surface area (Å²) >= 11 is 7.13. The van der Waals surface area contributed by atoms with Gasteiger partial charge < -0.3 is 10.5 Å². The number of urea groups is 1. The van der Waals surface area contributed by atoms with Crippen LogP contribution in [0, 0.1) is 12.8 Å². The molecule has 0 spiro atoms. The van der Waals surface area contributed by atoms with Gasteiger partial charge in [0, 0.05) is 5.02 Å². The van der Waals surface area contributed by atoms with Gasteiger partial charge in [0.1, 0.15) is 12.4 Å². The summed E-state index contributed by atoms with van der Waals surface area (Å²) in [5, 5.41) is 9.43. The van der Waals surface area contributed by atoms with Crippen LogP contribution in [0.25, 0.3) is 0 Å². The lowest BCUT2D eigenvalue weighted by atomic mass is 10.1. The maximum absolute atomic E-state index is 12.0. The Morgan fingerprint density at radius 2 is 2.15 bits per heavy atom. The summed E-state index contributed by atoms with van der Waals surface area (Å²) in [4.78, 5) is 27.2. The van der Waals surface area contributed by atoms with E-state index in [9.17, 15) is 9.59 Å². The van der Waals surface area contributed by atoms with E-state index in [-0.39, 0.29) is 12.5 Å². The third kappa shape index (κ3) is 5.63. The Balaban J connectivity index is 1.98. The van der Waals surface area contributed by atoms with Crippen LogP contribution in [-0.4, -0.2) is 32.4 Å². The average Bonchev–Trinajstić information content (AvgIpc) is 3.00. The summed E-state index contributed by atoms with van der Waals surface area (Å²) in [5.74, 6) is 0.655. The first-order chi connectivity index (χ1) is 12.3. The number of H-pyrrole nitrogens is 1. The summed E-state index contributed by atoms with van der Waals surface area (Å²) in [6.07, 6.45) is 0. The van der Waals surface area contributed by atoms with Gasteiger partial charge in [-0.05, 0) is 36.6 Å². The van der Waals surface area contributed by atoms with Gasteiger partial charge in [-0.1, -0.05) is 37.2 Å². The molecule has 1 atom stereocenters. The van der Waals surface area contributed by atoms with Gasteiger partial charge in [0.05, 0.1) is 5.25 Å². The lowest BCUT2D eigenvalue weighted by Gasteiger charge is -2.16. The van der Waals surface area contributed by atoms with Crippen LogP contribution in [0.15, 0.2) is 23.4 Å². The van der Waals surface area contributed by atoms with Crippen molar-refractivity contribution in [1.29, 1.82) is 0 Å². The minimum absolute atomic E-state index is 0.0467. The van der Waals surface area contributed by atoms with E-state index >= 15 is 0 Å². The maximum atomic E-state index is 12.0. The number of halogens is 1. The molecule has 0 saturated heterocycles. The Bertz CT molecular complexity index is 796. The van der Waals surface area contributed by atoms with E-state index in [4.69, 9.17) is 22.1 Å². The molecule has 26 heavy (non-hydrogen) atoms. The van der Waals surface area contributed by atoms with Gasteiger partial charge in [0.25, 0.3) is 0 Å². The smallest absolute Gasteiger partial charge is 0.318 e. The number of benzene rings is 1. The molecular weight excluding hydrogens is 378 g/mol. The number of aromatic nitrogens is 3. The Morgan fingerprint density at radius 1 is 1.42 bits per heavy atom. The van der Waals surface area contributed by atoms with E-state index in [2.05, 4.69) is 20.5 Å². The number of amides is 3. The lowest BCUT2D eigenvalue weighted by Crippen LogP contribution is -2.42. The molecule has 3 amide bonds. The molecule has 0 radical (unpaired) electrons. The van der Waals surface area contributed by atoms with E-state index in [1.54, 1.807) is 12.1 Å². The first-order valence-electron chi connectivity index (χ1n) is 7.83. The van der Waals surface area contributed by atoms with Gasteiger partial charge in [-0.2, -0.15) is 0 Å². The Morgan fingerprint density at radius 3 is 2.77 bits per heavy atom. The molecule has 2 rings (SSSR count). The van der Waals surface area contributed by atoms with Crippen LogP contribution in [0.5, 0.6) is 5.75 Å². The SMILES string of the molecule is Cc1cc(OCc2nc(S[C@H](C(=O)NC(N)=O)C(C)C)n[nH]2)ccc1Cl. The molecule has 4 N–H and O–H groups in total. The van der Waals surface area contributed by atoms with Crippen molar-refractivity contribution in [3.63, 3.8) is 0 Å². The number of hydrogen-bond acceptors (Lipinski definition) is 6. The molecule has 1 aromatic heterocycles. The molecule has 1 aromatic carbocycles. The van der Waals surface area contributed by atoms with Gasteiger partial charge in [-0.3, -0.25) is 15.2 Å². The highest BCUT2D eigenvalue weighted by Crippen LogP contribution is 2.26. The Hall–Kier alpha value is -2.26. The van der Waals surface area contributed by atoms with Crippen molar-refractivity contribution in [3.05, 3.63) is 34.6 Å². The highest BCUT2D eigenvalue weighted by atomic mass is 35.5. The van der Waals surface area contributed by atoms with Crippen LogP contribution in [-0.2, 0) is 11.4 Å². The molecule has 0 unspecified atom stereocenters. The fourth-order valence-electron chi connectivity index (χ4n) is 2.05. The molecule has 2 aromatic rings. The number of nitrogens with zero attached hydrogens (tertiary/aromatic N) is 2. The molecule has 0 bridgehead atoms. The fraction of sp³-hybridized carbons (Fsp3) is 0.375. The molecule has 0 aliphatic carbocycles. The second-order valence-corrected chi connectivity index (χ2v) is 7.42. The van der Waals surface area contributed by atoms with Crippen LogP contribution < -0.4 is 15.8 Å². The first-order valence-corrected chi connectivity index (χ1v) is 9.09. The number of thioether (sulfide) groups is 1. The van der Waals surface area contributed by atoms with E-state index in [0.29, 0.717) is 21.8 Å². The topological polar surface area (TPSA) is 123 Å². The van der Waals surface area contributed by atoms with Crippen molar-refractivity contribution >= 4 is 35.3 Å². The van der Waals surface area contributed by atoms with Crippen LogP contribution in [0.2, 0.25) is 5.02 Å². The molecule has 0 saturated carbocycles. The highest BCUT2D eigenvalue weighted by Gasteiger charge is 2.26. The van der Waals surface area contributed by atoms with Crippen molar-refractivity contribution in [3.8, 4) is 5.75 Å². The number of carbonyl (C=O) groups excluding carboxylic acids is 2. The van der Waals surface area contributed by atoms with Crippen molar-refractivity contribution < 1.29 is 14.3 Å². The quantitative estimate of drug-likeness (QED) is 0.617. The summed E-state index contributed by atoms with van der Waals surface area (Å²) in [5.41, 5.74) is 5.92. The number of carbonyl (C=O) groups is 2. The molecule has 1 heterocycles. The summed E-state index contributed by atoms with van der Waals surface area (Å²) in [6, 6.07) is 4.48. The minimum atomic E-state index is -0.886. The molecule has 0 aliphatic heterocycles.